The Morgan fingerprint density at radius 1 is 1.14 bits per heavy atom. The van der Waals surface area contributed by atoms with Gasteiger partial charge in [-0.05, 0) is 13.3 Å². The van der Waals surface area contributed by atoms with Crippen molar-refractivity contribution in [3.05, 3.63) is 35.5 Å². The van der Waals surface area contributed by atoms with E-state index in [-0.39, 0.29) is 5.69 Å². The van der Waals surface area contributed by atoms with Crippen LogP contribution in [-0.4, -0.2) is 26.1 Å². The molecule has 0 spiro atoms. The van der Waals surface area contributed by atoms with E-state index in [1.165, 1.54) is 19.3 Å². The number of hydrogen-bond donors (Lipinski definition) is 1. The van der Waals surface area contributed by atoms with Crippen LogP contribution >= 0.6 is 0 Å². The summed E-state index contributed by atoms with van der Waals surface area (Å²) in [5.74, 6) is -1.03. The molecule has 0 aliphatic heterocycles. The van der Waals surface area contributed by atoms with E-state index in [0.717, 1.165) is 24.0 Å². The molecule has 2 aromatic rings. The average molecular weight is 301 g/mol. The first-order chi connectivity index (χ1) is 10.6. The SMILES string of the molecule is CCCCCCCn1nnc(C(=O)O)c1-c1ccc(C)cc1. The van der Waals surface area contributed by atoms with Gasteiger partial charge in [-0.2, -0.15) is 0 Å². The molecule has 1 aromatic heterocycles. The largest absolute Gasteiger partial charge is 0.476 e. The number of aromatic nitrogens is 3. The Morgan fingerprint density at radius 2 is 1.82 bits per heavy atom. The van der Waals surface area contributed by atoms with E-state index in [9.17, 15) is 9.90 Å². The standard InChI is InChI=1S/C17H23N3O2/c1-3-4-5-6-7-12-20-16(15(17(21)22)18-19-20)14-10-8-13(2)9-11-14/h8-11H,3-7,12H2,1-2H3,(H,21,22). The molecule has 0 unspecified atom stereocenters. The van der Waals surface area contributed by atoms with E-state index in [2.05, 4.69) is 17.2 Å². The minimum Gasteiger partial charge on any atom is -0.476 e. The van der Waals surface area contributed by atoms with Gasteiger partial charge in [0.05, 0.1) is 0 Å². The second-order valence-electron chi connectivity index (χ2n) is 5.60. The lowest BCUT2D eigenvalue weighted by Gasteiger charge is -2.07. The summed E-state index contributed by atoms with van der Waals surface area (Å²) in [6, 6.07) is 7.79. The Balaban J connectivity index is 2.19. The normalized spacial score (nSPS) is 10.8. The van der Waals surface area contributed by atoms with Crippen molar-refractivity contribution in [1.29, 1.82) is 0 Å². The zero-order valence-corrected chi connectivity index (χ0v) is 13.2. The third-order valence-corrected chi connectivity index (χ3v) is 3.74. The van der Waals surface area contributed by atoms with Crippen LogP contribution in [0.1, 0.15) is 55.1 Å². The van der Waals surface area contributed by atoms with Crippen LogP contribution in [0, 0.1) is 6.92 Å². The summed E-state index contributed by atoms with van der Waals surface area (Å²) in [6.07, 6.45) is 5.77. The molecule has 22 heavy (non-hydrogen) atoms. The zero-order valence-electron chi connectivity index (χ0n) is 13.2. The number of carboxylic acid groups (broad SMARTS) is 1. The summed E-state index contributed by atoms with van der Waals surface area (Å²) in [6.45, 7) is 4.89. The fourth-order valence-electron chi connectivity index (χ4n) is 2.48. The van der Waals surface area contributed by atoms with E-state index in [1.54, 1.807) is 4.68 Å². The van der Waals surface area contributed by atoms with Gasteiger partial charge < -0.3 is 5.11 Å². The highest BCUT2D eigenvalue weighted by molar-refractivity contribution is 5.92. The lowest BCUT2D eigenvalue weighted by molar-refractivity contribution is 0.0691. The molecule has 118 valence electrons. The molecule has 0 aliphatic carbocycles. The molecule has 0 amide bonds. The predicted octanol–water partition coefficient (Wildman–Crippen LogP) is 3.92. The Bertz CT molecular complexity index is 617. The Morgan fingerprint density at radius 3 is 2.45 bits per heavy atom. The highest BCUT2D eigenvalue weighted by Crippen LogP contribution is 2.23. The maximum Gasteiger partial charge on any atom is 0.358 e. The van der Waals surface area contributed by atoms with Gasteiger partial charge in [0.15, 0.2) is 5.69 Å². The van der Waals surface area contributed by atoms with Crippen LogP contribution in [0.15, 0.2) is 24.3 Å². The summed E-state index contributed by atoms with van der Waals surface area (Å²) in [7, 11) is 0. The van der Waals surface area contributed by atoms with Crippen LogP contribution < -0.4 is 0 Å². The van der Waals surface area contributed by atoms with E-state index in [0.29, 0.717) is 12.2 Å². The molecule has 0 saturated heterocycles. The number of unbranched alkanes of at least 4 members (excludes halogenated alkanes) is 4. The summed E-state index contributed by atoms with van der Waals surface area (Å²) in [4.78, 5) is 11.4. The number of hydrogen-bond acceptors (Lipinski definition) is 3. The minimum absolute atomic E-state index is 0.0254. The van der Waals surface area contributed by atoms with Crippen molar-refractivity contribution in [3.8, 4) is 11.3 Å². The Hall–Kier alpha value is -2.17. The molecule has 0 radical (unpaired) electrons. The van der Waals surface area contributed by atoms with E-state index >= 15 is 0 Å². The van der Waals surface area contributed by atoms with Crippen molar-refractivity contribution in [2.24, 2.45) is 0 Å². The van der Waals surface area contributed by atoms with Crippen LogP contribution in [0.2, 0.25) is 0 Å². The first-order valence-corrected chi connectivity index (χ1v) is 7.87. The topological polar surface area (TPSA) is 68.0 Å². The second-order valence-corrected chi connectivity index (χ2v) is 5.60. The lowest BCUT2D eigenvalue weighted by Crippen LogP contribution is -2.05. The van der Waals surface area contributed by atoms with Gasteiger partial charge in [0.25, 0.3) is 0 Å². The fourth-order valence-corrected chi connectivity index (χ4v) is 2.48. The van der Waals surface area contributed by atoms with Crippen molar-refractivity contribution in [2.45, 2.75) is 52.5 Å². The van der Waals surface area contributed by atoms with Gasteiger partial charge in [-0.3, -0.25) is 0 Å². The van der Waals surface area contributed by atoms with Crippen molar-refractivity contribution in [1.82, 2.24) is 15.0 Å². The number of nitrogens with zero attached hydrogens (tertiary/aromatic N) is 3. The number of carboxylic acids is 1. The molecular weight excluding hydrogens is 278 g/mol. The Kier molecular flexibility index (Phi) is 5.69. The molecule has 0 atom stereocenters. The molecular formula is C17H23N3O2. The van der Waals surface area contributed by atoms with Gasteiger partial charge in [0.2, 0.25) is 0 Å². The van der Waals surface area contributed by atoms with Gasteiger partial charge in [0.1, 0.15) is 5.69 Å². The molecule has 1 heterocycles. The fraction of sp³-hybridized carbons (Fsp3) is 0.471. The summed E-state index contributed by atoms with van der Waals surface area (Å²) < 4.78 is 1.72. The van der Waals surface area contributed by atoms with Gasteiger partial charge >= 0.3 is 5.97 Å². The van der Waals surface area contributed by atoms with Gasteiger partial charge in [-0.15, -0.1) is 5.10 Å². The molecule has 5 nitrogen and oxygen atoms in total. The molecule has 5 heteroatoms. The first kappa shape index (κ1) is 16.2. The summed E-state index contributed by atoms with van der Waals surface area (Å²) in [5, 5.41) is 17.2. The number of aryl methyl sites for hydroxylation is 2. The lowest BCUT2D eigenvalue weighted by atomic mass is 10.1. The van der Waals surface area contributed by atoms with E-state index in [4.69, 9.17) is 0 Å². The zero-order chi connectivity index (χ0) is 15.9. The van der Waals surface area contributed by atoms with Gasteiger partial charge in [0, 0.05) is 12.1 Å². The molecule has 1 aromatic carbocycles. The quantitative estimate of drug-likeness (QED) is 0.750. The molecule has 0 aliphatic rings. The van der Waals surface area contributed by atoms with E-state index < -0.39 is 5.97 Å². The second kappa shape index (κ2) is 7.73. The van der Waals surface area contributed by atoms with Crippen molar-refractivity contribution < 1.29 is 9.90 Å². The molecule has 0 bridgehead atoms. The van der Waals surface area contributed by atoms with Crippen LogP contribution in [0.3, 0.4) is 0 Å². The number of benzene rings is 1. The maximum atomic E-state index is 11.4. The molecule has 0 fully saturated rings. The van der Waals surface area contributed by atoms with Crippen molar-refractivity contribution in [3.63, 3.8) is 0 Å². The number of aromatic carboxylic acids is 1. The summed E-state index contributed by atoms with van der Waals surface area (Å²) >= 11 is 0. The Labute approximate surface area is 131 Å². The smallest absolute Gasteiger partial charge is 0.358 e. The number of carbonyl (C=O) groups is 1. The maximum absolute atomic E-state index is 11.4. The van der Waals surface area contributed by atoms with Crippen molar-refractivity contribution >= 4 is 5.97 Å². The number of rotatable bonds is 8. The molecule has 2 rings (SSSR count). The highest BCUT2D eigenvalue weighted by Gasteiger charge is 2.20. The van der Waals surface area contributed by atoms with Gasteiger partial charge in [-0.25, -0.2) is 9.48 Å². The van der Waals surface area contributed by atoms with E-state index in [1.807, 2.05) is 31.2 Å². The summed E-state index contributed by atoms with van der Waals surface area (Å²) in [5.41, 5.74) is 2.61. The van der Waals surface area contributed by atoms with Crippen LogP contribution in [0.4, 0.5) is 0 Å². The molecule has 0 saturated carbocycles. The molecule has 1 N–H and O–H groups in total. The van der Waals surface area contributed by atoms with Crippen LogP contribution in [-0.2, 0) is 6.54 Å². The third-order valence-electron chi connectivity index (χ3n) is 3.74. The monoisotopic (exact) mass is 301 g/mol. The van der Waals surface area contributed by atoms with Crippen LogP contribution in [0.5, 0.6) is 0 Å². The highest BCUT2D eigenvalue weighted by atomic mass is 16.4. The average Bonchev–Trinajstić information content (AvgIpc) is 2.92. The minimum atomic E-state index is -1.03. The van der Waals surface area contributed by atoms with Gasteiger partial charge in [-0.1, -0.05) is 67.6 Å². The predicted molar refractivity (Wildman–Crippen MR) is 85.9 cm³/mol. The van der Waals surface area contributed by atoms with Crippen molar-refractivity contribution in [2.75, 3.05) is 0 Å². The van der Waals surface area contributed by atoms with Crippen LogP contribution in [0.25, 0.3) is 11.3 Å². The third kappa shape index (κ3) is 3.93. The first-order valence-electron chi connectivity index (χ1n) is 7.87.